The third-order valence-electron chi connectivity index (χ3n) is 3.99. The second-order valence-corrected chi connectivity index (χ2v) is 5.21. The highest BCUT2D eigenvalue weighted by Crippen LogP contribution is 2.17. The maximum Gasteiger partial charge on any atom is 0.310 e. The van der Waals surface area contributed by atoms with Crippen molar-refractivity contribution < 1.29 is 9.53 Å². The molecular formula is C13H24N2O2. The molecule has 4 heteroatoms. The first-order valence-corrected chi connectivity index (χ1v) is 6.82. The molecule has 2 fully saturated rings. The SMILES string of the molecule is COC(=O)C1CCN(CCN2CCCCC2)C1. The van der Waals surface area contributed by atoms with Gasteiger partial charge in [0.15, 0.2) is 0 Å². The van der Waals surface area contributed by atoms with Crippen LogP contribution in [0, 0.1) is 5.92 Å². The van der Waals surface area contributed by atoms with Crippen LogP contribution in [0.1, 0.15) is 25.7 Å². The van der Waals surface area contributed by atoms with Gasteiger partial charge in [0, 0.05) is 19.6 Å². The average molecular weight is 240 g/mol. The van der Waals surface area contributed by atoms with Gasteiger partial charge in [-0.25, -0.2) is 0 Å². The Hall–Kier alpha value is -0.610. The van der Waals surface area contributed by atoms with Crippen LogP contribution in [-0.2, 0) is 9.53 Å². The fourth-order valence-electron chi connectivity index (χ4n) is 2.86. The molecule has 0 aromatic rings. The Morgan fingerprint density at radius 2 is 1.82 bits per heavy atom. The lowest BCUT2D eigenvalue weighted by atomic mass is 10.1. The molecule has 2 heterocycles. The van der Waals surface area contributed by atoms with Crippen molar-refractivity contribution in [3.05, 3.63) is 0 Å². The van der Waals surface area contributed by atoms with Gasteiger partial charge in [-0.1, -0.05) is 6.42 Å². The van der Waals surface area contributed by atoms with E-state index in [4.69, 9.17) is 4.74 Å². The number of piperidine rings is 1. The van der Waals surface area contributed by atoms with E-state index in [9.17, 15) is 4.79 Å². The monoisotopic (exact) mass is 240 g/mol. The number of ether oxygens (including phenoxy) is 1. The lowest BCUT2D eigenvalue weighted by Crippen LogP contribution is -2.37. The van der Waals surface area contributed by atoms with Crippen molar-refractivity contribution in [1.82, 2.24) is 9.80 Å². The van der Waals surface area contributed by atoms with Gasteiger partial charge >= 0.3 is 5.97 Å². The zero-order valence-electron chi connectivity index (χ0n) is 10.9. The van der Waals surface area contributed by atoms with Crippen LogP contribution in [0.3, 0.4) is 0 Å². The van der Waals surface area contributed by atoms with E-state index in [1.54, 1.807) is 0 Å². The Morgan fingerprint density at radius 3 is 2.53 bits per heavy atom. The molecule has 0 spiro atoms. The van der Waals surface area contributed by atoms with Crippen LogP contribution in [-0.4, -0.2) is 62.1 Å². The predicted molar refractivity (Wildman–Crippen MR) is 66.9 cm³/mol. The Morgan fingerprint density at radius 1 is 1.12 bits per heavy atom. The lowest BCUT2D eigenvalue weighted by molar-refractivity contribution is -0.144. The molecule has 2 aliphatic rings. The highest BCUT2D eigenvalue weighted by atomic mass is 16.5. The van der Waals surface area contributed by atoms with Gasteiger partial charge in [0.25, 0.3) is 0 Å². The summed E-state index contributed by atoms with van der Waals surface area (Å²) < 4.78 is 4.80. The van der Waals surface area contributed by atoms with Gasteiger partial charge in [0.05, 0.1) is 13.0 Å². The maximum atomic E-state index is 11.4. The summed E-state index contributed by atoms with van der Waals surface area (Å²) in [6.07, 6.45) is 5.06. The molecule has 2 aliphatic heterocycles. The summed E-state index contributed by atoms with van der Waals surface area (Å²) in [4.78, 5) is 16.4. The first-order chi connectivity index (χ1) is 8.29. The topological polar surface area (TPSA) is 32.8 Å². The van der Waals surface area contributed by atoms with Gasteiger partial charge < -0.3 is 14.5 Å². The molecule has 1 unspecified atom stereocenters. The van der Waals surface area contributed by atoms with Gasteiger partial charge in [0.2, 0.25) is 0 Å². The number of hydrogen-bond acceptors (Lipinski definition) is 4. The molecule has 0 amide bonds. The number of hydrogen-bond donors (Lipinski definition) is 0. The second kappa shape index (κ2) is 6.36. The summed E-state index contributed by atoms with van der Waals surface area (Å²) >= 11 is 0. The minimum atomic E-state index is -0.0366. The quantitative estimate of drug-likeness (QED) is 0.685. The number of esters is 1. The van der Waals surface area contributed by atoms with Crippen molar-refractivity contribution >= 4 is 5.97 Å². The molecule has 0 saturated carbocycles. The van der Waals surface area contributed by atoms with Gasteiger partial charge in [0.1, 0.15) is 0 Å². The lowest BCUT2D eigenvalue weighted by Gasteiger charge is -2.28. The number of rotatable bonds is 4. The average Bonchev–Trinajstić information content (AvgIpc) is 2.85. The number of carbonyl (C=O) groups excluding carboxylic acids is 1. The van der Waals surface area contributed by atoms with Crippen LogP contribution in [0.4, 0.5) is 0 Å². The predicted octanol–water partition coefficient (Wildman–Crippen LogP) is 0.967. The van der Waals surface area contributed by atoms with Crippen molar-refractivity contribution in [3.63, 3.8) is 0 Å². The number of likely N-dealkylation sites (tertiary alicyclic amines) is 2. The summed E-state index contributed by atoms with van der Waals surface area (Å²) in [6.45, 7) is 6.72. The van der Waals surface area contributed by atoms with Crippen LogP contribution in [0.15, 0.2) is 0 Å². The highest BCUT2D eigenvalue weighted by Gasteiger charge is 2.28. The van der Waals surface area contributed by atoms with Gasteiger partial charge in [-0.05, 0) is 38.9 Å². The molecule has 4 nitrogen and oxygen atoms in total. The Balaban J connectivity index is 1.65. The molecule has 0 N–H and O–H groups in total. The van der Waals surface area contributed by atoms with Crippen molar-refractivity contribution in [2.45, 2.75) is 25.7 Å². The summed E-state index contributed by atoms with van der Waals surface area (Å²) in [5.41, 5.74) is 0. The van der Waals surface area contributed by atoms with Crippen LogP contribution < -0.4 is 0 Å². The molecule has 2 saturated heterocycles. The van der Waals surface area contributed by atoms with Crippen molar-refractivity contribution in [1.29, 1.82) is 0 Å². The number of carbonyl (C=O) groups is 1. The molecule has 0 aromatic carbocycles. The minimum Gasteiger partial charge on any atom is -0.469 e. The van der Waals surface area contributed by atoms with Gasteiger partial charge in [-0.3, -0.25) is 4.79 Å². The minimum absolute atomic E-state index is 0.0366. The largest absolute Gasteiger partial charge is 0.469 e. The molecule has 0 radical (unpaired) electrons. The summed E-state index contributed by atoms with van der Waals surface area (Å²) in [5.74, 6) is 0.0758. The van der Waals surface area contributed by atoms with Crippen LogP contribution in [0.2, 0.25) is 0 Å². The van der Waals surface area contributed by atoms with E-state index in [0.29, 0.717) is 0 Å². The van der Waals surface area contributed by atoms with Crippen LogP contribution in [0.25, 0.3) is 0 Å². The van der Waals surface area contributed by atoms with Crippen molar-refractivity contribution in [2.75, 3.05) is 46.4 Å². The Labute approximate surface area is 104 Å². The third kappa shape index (κ3) is 3.68. The van der Waals surface area contributed by atoms with Crippen molar-refractivity contribution in [3.8, 4) is 0 Å². The first kappa shape index (κ1) is 12.8. The summed E-state index contributed by atoms with van der Waals surface area (Å²) in [5, 5.41) is 0. The zero-order valence-corrected chi connectivity index (χ0v) is 10.9. The van der Waals surface area contributed by atoms with E-state index in [1.165, 1.54) is 39.5 Å². The summed E-state index contributed by atoms with van der Waals surface area (Å²) in [6, 6.07) is 0. The third-order valence-corrected chi connectivity index (χ3v) is 3.99. The van der Waals surface area contributed by atoms with Gasteiger partial charge in [-0.15, -0.1) is 0 Å². The first-order valence-electron chi connectivity index (χ1n) is 6.82. The maximum absolute atomic E-state index is 11.4. The highest BCUT2D eigenvalue weighted by molar-refractivity contribution is 5.72. The number of nitrogens with zero attached hydrogens (tertiary/aromatic N) is 2. The van der Waals surface area contributed by atoms with E-state index >= 15 is 0 Å². The van der Waals surface area contributed by atoms with E-state index in [-0.39, 0.29) is 11.9 Å². The molecule has 98 valence electrons. The molecule has 2 rings (SSSR count). The molecule has 0 aliphatic carbocycles. The molecule has 1 atom stereocenters. The van der Waals surface area contributed by atoms with Crippen LogP contribution in [0.5, 0.6) is 0 Å². The normalized spacial score (nSPS) is 27.2. The van der Waals surface area contributed by atoms with E-state index < -0.39 is 0 Å². The molecule has 0 aromatic heterocycles. The Bertz CT molecular complexity index is 252. The van der Waals surface area contributed by atoms with E-state index in [2.05, 4.69) is 9.80 Å². The Kier molecular flexibility index (Phi) is 4.80. The molecular weight excluding hydrogens is 216 g/mol. The second-order valence-electron chi connectivity index (χ2n) is 5.21. The summed E-state index contributed by atoms with van der Waals surface area (Å²) in [7, 11) is 1.48. The van der Waals surface area contributed by atoms with Crippen LogP contribution >= 0.6 is 0 Å². The van der Waals surface area contributed by atoms with E-state index in [0.717, 1.165) is 32.6 Å². The fraction of sp³-hybridized carbons (Fsp3) is 0.923. The van der Waals surface area contributed by atoms with E-state index in [1.807, 2.05) is 0 Å². The zero-order chi connectivity index (χ0) is 12.1. The molecule has 17 heavy (non-hydrogen) atoms. The smallest absolute Gasteiger partial charge is 0.310 e. The van der Waals surface area contributed by atoms with Gasteiger partial charge in [-0.2, -0.15) is 0 Å². The fourth-order valence-corrected chi connectivity index (χ4v) is 2.86. The van der Waals surface area contributed by atoms with Crippen molar-refractivity contribution in [2.24, 2.45) is 5.92 Å². The number of methoxy groups -OCH3 is 1. The standard InChI is InChI=1S/C13H24N2O2/c1-17-13(16)12-5-8-15(11-12)10-9-14-6-3-2-4-7-14/h12H,2-11H2,1H3. The molecule has 0 bridgehead atoms.